The molecule has 0 radical (unpaired) electrons. The van der Waals surface area contributed by atoms with Crippen molar-refractivity contribution in [3.63, 3.8) is 0 Å². The monoisotopic (exact) mass is 416 g/mol. The first kappa shape index (κ1) is 22.2. The van der Waals surface area contributed by atoms with Crippen molar-refractivity contribution >= 4 is 41.3 Å². The quantitative estimate of drug-likeness (QED) is 0.406. The Morgan fingerprint density at radius 1 is 1.10 bits per heavy atom. The van der Waals surface area contributed by atoms with Gasteiger partial charge in [-0.2, -0.15) is 0 Å². The van der Waals surface area contributed by atoms with Gasteiger partial charge in [-0.15, -0.1) is 11.8 Å². The highest BCUT2D eigenvalue weighted by molar-refractivity contribution is 7.98. The van der Waals surface area contributed by atoms with E-state index in [1.807, 2.05) is 30.5 Å². The maximum absolute atomic E-state index is 12.9. The first-order valence-electron chi connectivity index (χ1n) is 8.65. The number of halogens is 1. The Morgan fingerprint density at radius 2 is 1.76 bits per heavy atom. The average molecular weight is 416 g/mol. The molecule has 2 aromatic rings. The topological polar surface area (TPSA) is 75.7 Å². The van der Waals surface area contributed by atoms with Gasteiger partial charge in [0.25, 0.3) is 5.91 Å². The molecule has 6 nitrogen and oxygen atoms in total. The molecule has 1 N–H and O–H groups in total. The lowest BCUT2D eigenvalue weighted by Gasteiger charge is -2.16. The molecule has 0 heterocycles. The van der Waals surface area contributed by atoms with Crippen LogP contribution in [-0.4, -0.2) is 49.1 Å². The van der Waals surface area contributed by atoms with E-state index in [1.165, 1.54) is 37.4 Å². The Balaban J connectivity index is 1.75. The van der Waals surface area contributed by atoms with E-state index in [0.29, 0.717) is 5.69 Å². The fraction of sp³-hybridized carbons (Fsp3) is 0.190. The Bertz CT molecular complexity index is 883. The number of nitrogens with zero attached hydrogens (tertiary/aromatic N) is 1. The van der Waals surface area contributed by atoms with Gasteiger partial charge in [-0.3, -0.25) is 9.59 Å². The van der Waals surface area contributed by atoms with E-state index in [9.17, 15) is 18.8 Å². The van der Waals surface area contributed by atoms with Crippen LogP contribution in [0.4, 0.5) is 10.1 Å². The summed E-state index contributed by atoms with van der Waals surface area (Å²) >= 11 is 1.62. The fourth-order valence-electron chi connectivity index (χ4n) is 2.21. The molecule has 2 rings (SSSR count). The second-order valence-electron chi connectivity index (χ2n) is 6.02. The van der Waals surface area contributed by atoms with Crippen LogP contribution in [0.25, 0.3) is 6.08 Å². The molecule has 0 atom stereocenters. The number of thioether (sulfide) groups is 1. The van der Waals surface area contributed by atoms with Gasteiger partial charge in [0.05, 0.1) is 6.54 Å². The second kappa shape index (κ2) is 11.0. The second-order valence-corrected chi connectivity index (χ2v) is 6.90. The summed E-state index contributed by atoms with van der Waals surface area (Å²) in [5.41, 5.74) is 1.25. The standard InChI is InChI=1S/C21H21FN2O4S/c1-24(13-19(25)23-17-8-6-16(22)7-9-17)20(26)14-28-21(27)12-5-15-3-10-18(29-2)11-4-15/h3-12H,13-14H2,1-2H3,(H,23,25)/b12-5+. The number of ether oxygens (including phenoxy) is 1. The highest BCUT2D eigenvalue weighted by atomic mass is 32.2. The Labute approximate surface area is 172 Å². The minimum atomic E-state index is -0.656. The van der Waals surface area contributed by atoms with Crippen molar-refractivity contribution in [3.8, 4) is 0 Å². The zero-order valence-electron chi connectivity index (χ0n) is 16.1. The highest BCUT2D eigenvalue weighted by Crippen LogP contribution is 2.15. The molecule has 8 heteroatoms. The van der Waals surface area contributed by atoms with Gasteiger partial charge in [-0.25, -0.2) is 9.18 Å². The number of carbonyl (C=O) groups excluding carboxylic acids is 3. The number of esters is 1. The van der Waals surface area contributed by atoms with Crippen molar-refractivity contribution in [2.45, 2.75) is 4.90 Å². The van der Waals surface area contributed by atoms with E-state index < -0.39 is 30.2 Å². The zero-order valence-corrected chi connectivity index (χ0v) is 16.9. The van der Waals surface area contributed by atoms with Crippen LogP contribution in [0.1, 0.15) is 5.56 Å². The first-order valence-corrected chi connectivity index (χ1v) is 9.88. The van der Waals surface area contributed by atoms with Crippen molar-refractivity contribution < 1.29 is 23.5 Å². The molecule has 0 bridgehead atoms. The number of likely N-dealkylation sites (N-methyl/N-ethyl adjacent to an activating group) is 1. The summed E-state index contributed by atoms with van der Waals surface area (Å²) in [5.74, 6) is -2.04. The predicted octanol–water partition coefficient (Wildman–Crippen LogP) is 3.20. The molecule has 0 unspecified atom stereocenters. The molecule has 0 saturated carbocycles. The number of anilines is 1. The molecule has 0 spiro atoms. The maximum Gasteiger partial charge on any atom is 0.331 e. The van der Waals surface area contributed by atoms with Gasteiger partial charge in [0.1, 0.15) is 5.82 Å². The number of hydrogen-bond donors (Lipinski definition) is 1. The van der Waals surface area contributed by atoms with Gasteiger partial charge >= 0.3 is 5.97 Å². The van der Waals surface area contributed by atoms with Gasteiger partial charge in [0.2, 0.25) is 5.91 Å². The summed E-state index contributed by atoms with van der Waals surface area (Å²) in [7, 11) is 1.42. The third-order valence-electron chi connectivity index (χ3n) is 3.80. The molecular weight excluding hydrogens is 395 g/mol. The van der Waals surface area contributed by atoms with Crippen LogP contribution in [-0.2, 0) is 19.1 Å². The molecule has 0 aliphatic heterocycles. The number of hydrogen-bond acceptors (Lipinski definition) is 5. The molecular formula is C21H21FN2O4S. The van der Waals surface area contributed by atoms with E-state index in [0.717, 1.165) is 15.4 Å². The number of nitrogens with one attached hydrogen (secondary N) is 1. The molecule has 0 fully saturated rings. The summed E-state index contributed by atoms with van der Waals surface area (Å²) in [5, 5.41) is 2.55. The highest BCUT2D eigenvalue weighted by Gasteiger charge is 2.14. The predicted molar refractivity (Wildman–Crippen MR) is 111 cm³/mol. The molecule has 0 aliphatic carbocycles. The maximum atomic E-state index is 12.9. The molecule has 0 saturated heterocycles. The van der Waals surface area contributed by atoms with Crippen molar-refractivity contribution in [1.29, 1.82) is 0 Å². The number of amides is 2. The Hall–Kier alpha value is -3.13. The average Bonchev–Trinajstić information content (AvgIpc) is 2.72. The van der Waals surface area contributed by atoms with E-state index in [-0.39, 0.29) is 6.54 Å². The van der Waals surface area contributed by atoms with Crippen LogP contribution in [0, 0.1) is 5.82 Å². The van der Waals surface area contributed by atoms with Gasteiger partial charge in [-0.1, -0.05) is 12.1 Å². The number of benzene rings is 2. The van der Waals surface area contributed by atoms with Crippen LogP contribution in [0.15, 0.2) is 59.5 Å². The summed E-state index contributed by atoms with van der Waals surface area (Å²) in [6.45, 7) is -0.708. The molecule has 152 valence electrons. The largest absolute Gasteiger partial charge is 0.452 e. The van der Waals surface area contributed by atoms with Gasteiger partial charge < -0.3 is 15.0 Å². The van der Waals surface area contributed by atoms with E-state index in [1.54, 1.807) is 17.8 Å². The van der Waals surface area contributed by atoms with Gasteiger partial charge in [0.15, 0.2) is 6.61 Å². The smallest absolute Gasteiger partial charge is 0.331 e. The summed E-state index contributed by atoms with van der Waals surface area (Å²) in [6, 6.07) is 12.9. The van der Waals surface area contributed by atoms with Crippen molar-refractivity contribution in [2.24, 2.45) is 0 Å². The lowest BCUT2D eigenvalue weighted by atomic mass is 10.2. The molecule has 0 aliphatic rings. The minimum absolute atomic E-state index is 0.231. The SMILES string of the molecule is CSc1ccc(/C=C/C(=O)OCC(=O)N(C)CC(=O)Nc2ccc(F)cc2)cc1. The number of carbonyl (C=O) groups is 3. The van der Waals surface area contributed by atoms with Crippen molar-refractivity contribution in [3.05, 3.63) is 66.0 Å². The van der Waals surface area contributed by atoms with Crippen molar-refractivity contribution in [1.82, 2.24) is 4.90 Å². The molecule has 0 aromatic heterocycles. The normalized spacial score (nSPS) is 10.6. The third-order valence-corrected chi connectivity index (χ3v) is 4.54. The first-order chi connectivity index (χ1) is 13.9. The molecule has 29 heavy (non-hydrogen) atoms. The summed E-state index contributed by atoms with van der Waals surface area (Å²) < 4.78 is 17.8. The van der Waals surface area contributed by atoms with E-state index >= 15 is 0 Å². The van der Waals surface area contributed by atoms with Crippen LogP contribution >= 0.6 is 11.8 Å². The Morgan fingerprint density at radius 3 is 2.38 bits per heavy atom. The number of rotatable bonds is 8. The fourth-order valence-corrected chi connectivity index (χ4v) is 2.62. The summed E-state index contributed by atoms with van der Waals surface area (Å²) in [6.07, 6.45) is 4.81. The Kier molecular flexibility index (Phi) is 8.42. The third kappa shape index (κ3) is 7.79. The van der Waals surface area contributed by atoms with Crippen LogP contribution < -0.4 is 5.32 Å². The minimum Gasteiger partial charge on any atom is -0.452 e. The van der Waals surface area contributed by atoms with Crippen molar-refractivity contribution in [2.75, 3.05) is 31.8 Å². The van der Waals surface area contributed by atoms with Gasteiger partial charge in [0, 0.05) is 23.7 Å². The van der Waals surface area contributed by atoms with E-state index in [2.05, 4.69) is 5.32 Å². The summed E-state index contributed by atoms with van der Waals surface area (Å²) in [4.78, 5) is 38.0. The van der Waals surface area contributed by atoms with Crippen LogP contribution in [0.5, 0.6) is 0 Å². The van der Waals surface area contributed by atoms with E-state index in [4.69, 9.17) is 4.74 Å². The zero-order chi connectivity index (χ0) is 21.2. The van der Waals surface area contributed by atoms with Gasteiger partial charge in [-0.05, 0) is 54.3 Å². The van der Waals surface area contributed by atoms with Crippen LogP contribution in [0.3, 0.4) is 0 Å². The molecule has 2 aromatic carbocycles. The lowest BCUT2D eigenvalue weighted by Crippen LogP contribution is -2.37. The molecule has 2 amide bonds. The lowest BCUT2D eigenvalue weighted by molar-refractivity contribution is -0.148. The van der Waals surface area contributed by atoms with Crippen LogP contribution in [0.2, 0.25) is 0 Å².